The summed E-state index contributed by atoms with van der Waals surface area (Å²) in [5.74, 6) is 0.757. The highest BCUT2D eigenvalue weighted by molar-refractivity contribution is 7.10. The molecule has 3 aliphatic rings. The smallest absolute Gasteiger partial charge is 0.320 e. The molecule has 5 rings (SSSR count). The number of nitrogens with zero attached hydrogens (tertiary/aromatic N) is 4. The van der Waals surface area contributed by atoms with Gasteiger partial charge in [-0.15, -0.1) is 11.3 Å². The largest absolute Gasteiger partial charge is 0.495 e. The number of allylic oxidation sites excluding steroid dienone is 2. The fourth-order valence-electron chi connectivity index (χ4n) is 5.05. The van der Waals surface area contributed by atoms with Crippen LogP contribution >= 0.6 is 11.3 Å². The Labute approximate surface area is 231 Å². The molecule has 0 aliphatic carbocycles. The number of ether oxygens (including phenoxy) is 1. The Balaban J connectivity index is 1.13. The summed E-state index contributed by atoms with van der Waals surface area (Å²) in [6.07, 6.45) is 7.83. The van der Waals surface area contributed by atoms with Gasteiger partial charge in [-0.25, -0.2) is 9.78 Å². The van der Waals surface area contributed by atoms with Crippen molar-refractivity contribution < 1.29 is 19.1 Å². The molecule has 0 saturated carbocycles. The number of methoxy groups -OCH3 is 1. The van der Waals surface area contributed by atoms with E-state index in [1.807, 2.05) is 9.80 Å². The first-order valence-corrected chi connectivity index (χ1v) is 13.9. The van der Waals surface area contributed by atoms with Crippen LogP contribution in [0.3, 0.4) is 0 Å². The number of hydrogen-bond acceptors (Lipinski definition) is 8. The number of urea groups is 1. The molecule has 39 heavy (non-hydrogen) atoms. The number of likely N-dealkylation sites (tertiary alicyclic amines) is 1. The number of nitrogens with one attached hydrogen (secondary N) is 2. The first kappa shape index (κ1) is 26.5. The lowest BCUT2D eigenvalue weighted by Crippen LogP contribution is -2.54. The number of carbonyl (C=O) groups is 3. The Bertz CT molecular complexity index is 1290. The second kappa shape index (κ2) is 11.8. The molecule has 1 aromatic heterocycles. The van der Waals surface area contributed by atoms with E-state index >= 15 is 0 Å². The highest BCUT2D eigenvalue weighted by Crippen LogP contribution is 2.32. The molecule has 2 fully saturated rings. The quantitative estimate of drug-likeness (QED) is 0.502. The predicted octanol–water partition coefficient (Wildman–Crippen LogP) is 2.42. The third kappa shape index (κ3) is 6.00. The average Bonchev–Trinajstić information content (AvgIpc) is 3.48. The first-order chi connectivity index (χ1) is 18.9. The van der Waals surface area contributed by atoms with E-state index in [-0.39, 0.29) is 23.4 Å². The number of primary amides is 1. The Kier molecular flexibility index (Phi) is 8.01. The monoisotopic (exact) mass is 551 g/mol. The minimum absolute atomic E-state index is 0.102. The standard InChI is InChI=1S/C27H33N7O4S/c1-38-22-6-5-19(24(28)35)16-20(22)30-25(36)21-17-39-26(31-21)18-7-10-33(11-8-18)27(37)34-14-12-32(13-15-34)23-4-2-3-9-29-23/h2-6,16-18,29H,7-15H2,1H3,(H2,28,35)(H,30,36). The molecule has 4 amide bonds. The maximum Gasteiger partial charge on any atom is 0.320 e. The maximum absolute atomic E-state index is 13.2. The summed E-state index contributed by atoms with van der Waals surface area (Å²) in [4.78, 5) is 48.3. The van der Waals surface area contributed by atoms with E-state index in [0.29, 0.717) is 43.3 Å². The first-order valence-electron chi connectivity index (χ1n) is 13.1. The fourth-order valence-corrected chi connectivity index (χ4v) is 6.02. The van der Waals surface area contributed by atoms with Crippen LogP contribution in [-0.2, 0) is 0 Å². The number of nitrogens with two attached hydrogens (primary N) is 1. The normalized spacial score (nSPS) is 17.9. The zero-order valence-electron chi connectivity index (χ0n) is 21.9. The zero-order chi connectivity index (χ0) is 27.4. The molecule has 11 nitrogen and oxygen atoms in total. The topological polar surface area (TPSA) is 133 Å². The third-order valence-corrected chi connectivity index (χ3v) is 8.29. The van der Waals surface area contributed by atoms with E-state index in [1.165, 1.54) is 24.5 Å². The third-order valence-electron chi connectivity index (χ3n) is 7.28. The summed E-state index contributed by atoms with van der Waals surface area (Å²) in [5, 5.41) is 8.78. The number of hydrogen-bond donors (Lipinski definition) is 3. The van der Waals surface area contributed by atoms with Crippen LogP contribution in [0.5, 0.6) is 5.75 Å². The van der Waals surface area contributed by atoms with Crippen LogP contribution in [-0.4, -0.2) is 90.5 Å². The van der Waals surface area contributed by atoms with Crippen molar-refractivity contribution in [2.75, 3.05) is 58.2 Å². The number of dihydropyridines is 1. The van der Waals surface area contributed by atoms with Crippen LogP contribution in [0.15, 0.2) is 47.6 Å². The molecule has 0 bridgehead atoms. The molecule has 0 unspecified atom stereocenters. The number of thiazole rings is 1. The number of amides is 4. The minimum atomic E-state index is -0.594. The number of anilines is 1. The summed E-state index contributed by atoms with van der Waals surface area (Å²) in [5.41, 5.74) is 6.29. The molecule has 0 radical (unpaired) electrons. The molecule has 3 aliphatic heterocycles. The van der Waals surface area contributed by atoms with Gasteiger partial charge in [-0.3, -0.25) is 9.59 Å². The van der Waals surface area contributed by atoms with Gasteiger partial charge in [0.15, 0.2) is 0 Å². The highest BCUT2D eigenvalue weighted by atomic mass is 32.1. The van der Waals surface area contributed by atoms with Gasteiger partial charge in [0, 0.05) is 62.7 Å². The van der Waals surface area contributed by atoms with Crippen molar-refractivity contribution in [1.29, 1.82) is 0 Å². The van der Waals surface area contributed by atoms with Crippen LogP contribution in [0.25, 0.3) is 0 Å². The number of piperidine rings is 1. The summed E-state index contributed by atoms with van der Waals surface area (Å²) in [7, 11) is 1.48. The Morgan fingerprint density at radius 2 is 1.85 bits per heavy atom. The van der Waals surface area contributed by atoms with Crippen LogP contribution in [0.4, 0.5) is 10.5 Å². The van der Waals surface area contributed by atoms with Crippen molar-refractivity contribution in [3.63, 3.8) is 0 Å². The highest BCUT2D eigenvalue weighted by Gasteiger charge is 2.31. The SMILES string of the molecule is COc1ccc(C(N)=O)cc1NC(=O)c1csc(C2CCN(C(=O)N3CCN(C4=CC=CCN4)CC3)CC2)n1. The van der Waals surface area contributed by atoms with Gasteiger partial charge in [-0.05, 0) is 37.1 Å². The van der Waals surface area contributed by atoms with E-state index in [9.17, 15) is 14.4 Å². The average molecular weight is 552 g/mol. The molecule has 206 valence electrons. The molecule has 12 heteroatoms. The molecule has 0 atom stereocenters. The van der Waals surface area contributed by atoms with Gasteiger partial charge in [0.1, 0.15) is 17.3 Å². The van der Waals surface area contributed by atoms with Crippen molar-refractivity contribution >= 4 is 34.9 Å². The van der Waals surface area contributed by atoms with E-state index in [2.05, 4.69) is 38.7 Å². The van der Waals surface area contributed by atoms with Gasteiger partial charge >= 0.3 is 6.03 Å². The Hall–Kier alpha value is -4.06. The molecule has 2 aromatic rings. The lowest BCUT2D eigenvalue weighted by atomic mass is 9.98. The van der Waals surface area contributed by atoms with Crippen molar-refractivity contribution in [1.82, 2.24) is 25.0 Å². The summed E-state index contributed by atoms with van der Waals surface area (Å²) >= 11 is 1.45. The van der Waals surface area contributed by atoms with E-state index in [4.69, 9.17) is 10.5 Å². The van der Waals surface area contributed by atoms with E-state index in [0.717, 1.165) is 43.3 Å². The zero-order valence-corrected chi connectivity index (χ0v) is 22.7. The van der Waals surface area contributed by atoms with Gasteiger partial charge in [-0.2, -0.15) is 0 Å². The van der Waals surface area contributed by atoms with Crippen LogP contribution in [0.2, 0.25) is 0 Å². The molecule has 4 N–H and O–H groups in total. The lowest BCUT2D eigenvalue weighted by Gasteiger charge is -2.41. The maximum atomic E-state index is 13.2. The second-order valence-electron chi connectivity index (χ2n) is 9.68. The summed E-state index contributed by atoms with van der Waals surface area (Å²) in [6.45, 7) is 5.22. The number of piperazine rings is 1. The molecule has 1 aromatic carbocycles. The molecular weight excluding hydrogens is 518 g/mol. The van der Waals surface area contributed by atoms with Crippen LogP contribution in [0, 0.1) is 0 Å². The van der Waals surface area contributed by atoms with Crippen molar-refractivity contribution in [2.24, 2.45) is 5.73 Å². The van der Waals surface area contributed by atoms with Crippen molar-refractivity contribution in [2.45, 2.75) is 18.8 Å². The molecule has 0 spiro atoms. The van der Waals surface area contributed by atoms with Gasteiger partial charge in [-0.1, -0.05) is 12.2 Å². The van der Waals surface area contributed by atoms with Crippen molar-refractivity contribution in [3.8, 4) is 5.75 Å². The van der Waals surface area contributed by atoms with Gasteiger partial charge in [0.25, 0.3) is 5.91 Å². The molecule has 2 saturated heterocycles. The van der Waals surface area contributed by atoms with Crippen molar-refractivity contribution in [3.05, 3.63) is 63.9 Å². The van der Waals surface area contributed by atoms with Gasteiger partial charge < -0.3 is 35.8 Å². The Morgan fingerprint density at radius 1 is 1.10 bits per heavy atom. The van der Waals surface area contributed by atoms with Gasteiger partial charge in [0.2, 0.25) is 5.91 Å². The summed E-state index contributed by atoms with van der Waals surface area (Å²) in [6, 6.07) is 4.71. The van der Waals surface area contributed by atoms with E-state index < -0.39 is 5.91 Å². The Morgan fingerprint density at radius 3 is 2.51 bits per heavy atom. The summed E-state index contributed by atoms with van der Waals surface area (Å²) < 4.78 is 5.29. The lowest BCUT2D eigenvalue weighted by molar-refractivity contribution is 0.0995. The number of rotatable bonds is 6. The predicted molar refractivity (Wildman–Crippen MR) is 149 cm³/mol. The van der Waals surface area contributed by atoms with E-state index in [1.54, 1.807) is 17.5 Å². The second-order valence-corrected chi connectivity index (χ2v) is 10.6. The number of aromatic nitrogens is 1. The van der Waals surface area contributed by atoms with Gasteiger partial charge in [0.05, 0.1) is 17.8 Å². The minimum Gasteiger partial charge on any atom is -0.495 e. The fraction of sp³-hybridized carbons (Fsp3) is 0.407. The number of benzene rings is 1. The van der Waals surface area contributed by atoms with Crippen LogP contribution in [0.1, 0.15) is 44.6 Å². The number of carbonyl (C=O) groups excluding carboxylic acids is 3. The molecule has 4 heterocycles. The van der Waals surface area contributed by atoms with Crippen LogP contribution < -0.4 is 21.1 Å². The molecular formula is C27H33N7O4S.